The van der Waals surface area contributed by atoms with Crippen LogP contribution in [-0.4, -0.2) is 35.7 Å². The SMILES string of the molecule is [N-]=[N+]=NCc1ccccc1C[C@]1(C(=O)NNc2ccccc2)N=C(c2ccc(OCCCO)cc2)O[C@H]1c1ccccc1Br. The quantitative estimate of drug-likeness (QED) is 0.0486. The summed E-state index contributed by atoms with van der Waals surface area (Å²) in [6.07, 6.45) is -0.135. The molecule has 0 radical (unpaired) electrons. The molecule has 1 aliphatic heterocycles. The van der Waals surface area contributed by atoms with E-state index in [1.807, 2.05) is 91.0 Å². The third-order valence-corrected chi connectivity index (χ3v) is 7.92. The van der Waals surface area contributed by atoms with E-state index < -0.39 is 17.6 Å². The van der Waals surface area contributed by atoms with Crippen molar-refractivity contribution in [3.8, 4) is 5.75 Å². The van der Waals surface area contributed by atoms with E-state index in [1.54, 1.807) is 12.1 Å². The van der Waals surface area contributed by atoms with Gasteiger partial charge < -0.3 is 14.6 Å². The summed E-state index contributed by atoms with van der Waals surface area (Å²) in [5, 5.41) is 12.8. The van der Waals surface area contributed by atoms with E-state index in [9.17, 15) is 4.79 Å². The molecule has 1 amide bonds. The van der Waals surface area contributed by atoms with Crippen molar-refractivity contribution in [2.75, 3.05) is 18.6 Å². The number of hydrogen-bond donors (Lipinski definition) is 3. The summed E-state index contributed by atoms with van der Waals surface area (Å²) >= 11 is 3.66. The van der Waals surface area contributed by atoms with E-state index in [1.165, 1.54) is 0 Å². The number of ether oxygens (including phenoxy) is 2. The number of para-hydroxylation sites is 1. The van der Waals surface area contributed by atoms with Gasteiger partial charge in [0.1, 0.15) is 5.75 Å². The van der Waals surface area contributed by atoms with Crippen LogP contribution in [0.5, 0.6) is 5.75 Å². The van der Waals surface area contributed by atoms with Crippen LogP contribution in [0.1, 0.15) is 34.8 Å². The number of anilines is 1. The molecule has 0 bridgehead atoms. The standard InChI is InChI=1S/C33H31BrN6O4/c34-29-14-7-6-13-28(29)30-33(32(42)39-38-26-11-2-1-3-12-26,21-24-9-4-5-10-25(24)22-36-40-35)37-31(44-30)23-15-17-27(18-16-23)43-20-8-19-41/h1-7,9-18,30,38,41H,8,19-22H2,(H,39,42)/t30-,33-/m0/s1. The first-order chi connectivity index (χ1) is 21.5. The highest BCUT2D eigenvalue weighted by Gasteiger charge is 2.54. The van der Waals surface area contributed by atoms with Gasteiger partial charge in [0.05, 0.1) is 18.8 Å². The Morgan fingerprint density at radius 1 is 1.00 bits per heavy atom. The average Bonchev–Trinajstić information content (AvgIpc) is 3.44. The van der Waals surface area contributed by atoms with E-state index in [0.29, 0.717) is 35.9 Å². The van der Waals surface area contributed by atoms with E-state index in [-0.39, 0.29) is 19.6 Å². The van der Waals surface area contributed by atoms with Crippen molar-refractivity contribution < 1.29 is 19.4 Å². The van der Waals surface area contributed by atoms with Gasteiger partial charge in [-0.25, -0.2) is 4.99 Å². The maximum absolute atomic E-state index is 14.4. The van der Waals surface area contributed by atoms with Gasteiger partial charge in [-0.1, -0.05) is 81.7 Å². The molecular weight excluding hydrogens is 624 g/mol. The first-order valence-corrected chi connectivity index (χ1v) is 14.9. The molecule has 0 spiro atoms. The number of azide groups is 1. The second-order valence-electron chi connectivity index (χ2n) is 10.1. The first kappa shape index (κ1) is 30.6. The highest BCUT2D eigenvalue weighted by Crippen LogP contribution is 2.45. The van der Waals surface area contributed by atoms with Gasteiger partial charge >= 0.3 is 0 Å². The Morgan fingerprint density at radius 2 is 1.70 bits per heavy atom. The van der Waals surface area contributed by atoms with Crippen LogP contribution in [0.3, 0.4) is 0 Å². The van der Waals surface area contributed by atoms with E-state index in [2.05, 4.69) is 36.8 Å². The minimum Gasteiger partial charge on any atom is -0.494 e. The van der Waals surface area contributed by atoms with Crippen molar-refractivity contribution in [1.82, 2.24) is 5.43 Å². The summed E-state index contributed by atoms with van der Waals surface area (Å²) in [5.74, 6) is 0.542. The number of halogens is 1. The fraction of sp³-hybridized carbons (Fsp3) is 0.212. The molecule has 3 N–H and O–H groups in total. The molecule has 0 saturated heterocycles. The zero-order valence-electron chi connectivity index (χ0n) is 23.8. The van der Waals surface area contributed by atoms with Gasteiger partial charge in [-0.15, -0.1) is 0 Å². The van der Waals surface area contributed by atoms with Crippen LogP contribution in [0, 0.1) is 0 Å². The summed E-state index contributed by atoms with van der Waals surface area (Å²) in [6.45, 7) is 0.570. The van der Waals surface area contributed by atoms with Crippen LogP contribution >= 0.6 is 15.9 Å². The highest BCUT2D eigenvalue weighted by atomic mass is 79.9. The van der Waals surface area contributed by atoms with Crippen molar-refractivity contribution in [3.63, 3.8) is 0 Å². The molecule has 11 heteroatoms. The van der Waals surface area contributed by atoms with Crippen molar-refractivity contribution in [2.45, 2.75) is 31.0 Å². The van der Waals surface area contributed by atoms with Gasteiger partial charge in [-0.3, -0.25) is 15.6 Å². The smallest absolute Gasteiger partial charge is 0.270 e. The Labute approximate surface area is 263 Å². The normalized spacial score (nSPS) is 17.1. The van der Waals surface area contributed by atoms with Crippen LogP contribution in [0.25, 0.3) is 10.4 Å². The van der Waals surface area contributed by atoms with Crippen LogP contribution in [0.15, 0.2) is 118 Å². The van der Waals surface area contributed by atoms with Crippen LogP contribution in [0.4, 0.5) is 5.69 Å². The number of rotatable bonds is 13. The second kappa shape index (κ2) is 14.6. The molecule has 1 aliphatic rings. The van der Waals surface area contributed by atoms with Crippen LogP contribution in [0.2, 0.25) is 0 Å². The van der Waals surface area contributed by atoms with Gasteiger partial charge in [0.2, 0.25) is 5.90 Å². The molecule has 0 aromatic heterocycles. The monoisotopic (exact) mass is 654 g/mol. The molecule has 4 aromatic rings. The number of hydrogen-bond acceptors (Lipinski definition) is 7. The van der Waals surface area contributed by atoms with Crippen LogP contribution < -0.4 is 15.6 Å². The van der Waals surface area contributed by atoms with Crippen molar-refractivity contribution in [2.24, 2.45) is 10.1 Å². The molecule has 224 valence electrons. The number of carbonyl (C=O) groups is 1. The molecule has 4 aromatic carbocycles. The van der Waals surface area contributed by atoms with E-state index in [0.717, 1.165) is 21.2 Å². The molecule has 44 heavy (non-hydrogen) atoms. The van der Waals surface area contributed by atoms with Crippen LogP contribution in [-0.2, 0) is 22.5 Å². The van der Waals surface area contributed by atoms with Gasteiger partial charge in [-0.2, -0.15) is 0 Å². The number of aliphatic imine (C=N–C) groups is 1. The fourth-order valence-corrected chi connectivity index (χ4v) is 5.48. The summed E-state index contributed by atoms with van der Waals surface area (Å²) in [5.41, 5.74) is 17.1. The number of aliphatic hydroxyl groups is 1. The topological polar surface area (TPSA) is 141 Å². The Bertz CT molecular complexity index is 1660. The lowest BCUT2D eigenvalue weighted by Crippen LogP contribution is -2.51. The lowest BCUT2D eigenvalue weighted by Gasteiger charge is -2.32. The van der Waals surface area contributed by atoms with Gasteiger partial charge in [0.15, 0.2) is 11.6 Å². The molecule has 2 atom stereocenters. The summed E-state index contributed by atoms with van der Waals surface area (Å²) in [4.78, 5) is 22.4. The number of amides is 1. The van der Waals surface area contributed by atoms with E-state index in [4.69, 9.17) is 25.1 Å². The van der Waals surface area contributed by atoms with Gasteiger partial charge in [-0.05, 0) is 59.1 Å². The Morgan fingerprint density at radius 3 is 2.43 bits per heavy atom. The summed E-state index contributed by atoms with van der Waals surface area (Å²) < 4.78 is 13.1. The molecule has 1 heterocycles. The van der Waals surface area contributed by atoms with Gasteiger partial charge in [0, 0.05) is 40.0 Å². The molecular formula is C33H31BrN6O4. The Kier molecular flexibility index (Phi) is 10.1. The van der Waals surface area contributed by atoms with E-state index >= 15 is 0 Å². The Hall–Kier alpha value is -4.83. The Balaban J connectivity index is 1.60. The summed E-state index contributed by atoms with van der Waals surface area (Å²) in [6, 6.07) is 31.7. The maximum Gasteiger partial charge on any atom is 0.270 e. The number of nitrogens with one attached hydrogen (secondary N) is 2. The van der Waals surface area contributed by atoms with Crippen molar-refractivity contribution >= 4 is 33.4 Å². The molecule has 5 rings (SSSR count). The molecule has 0 saturated carbocycles. The predicted octanol–water partition coefficient (Wildman–Crippen LogP) is 6.66. The molecule has 10 nitrogen and oxygen atoms in total. The molecule has 0 aliphatic carbocycles. The minimum absolute atomic E-state index is 0.0500. The van der Waals surface area contributed by atoms with Crippen molar-refractivity contribution in [1.29, 1.82) is 0 Å². The third kappa shape index (κ3) is 7.03. The third-order valence-electron chi connectivity index (χ3n) is 7.19. The number of carbonyl (C=O) groups excluding carboxylic acids is 1. The second-order valence-corrected chi connectivity index (χ2v) is 10.9. The zero-order chi connectivity index (χ0) is 30.8. The number of benzene rings is 4. The average molecular weight is 656 g/mol. The molecule has 0 fully saturated rings. The predicted molar refractivity (Wildman–Crippen MR) is 172 cm³/mol. The van der Waals surface area contributed by atoms with Crippen molar-refractivity contribution in [3.05, 3.63) is 140 Å². The minimum atomic E-state index is -1.47. The number of aliphatic hydroxyl groups excluding tert-OH is 1. The highest BCUT2D eigenvalue weighted by molar-refractivity contribution is 9.10. The number of hydrazine groups is 1. The largest absolute Gasteiger partial charge is 0.494 e. The summed E-state index contributed by atoms with van der Waals surface area (Å²) in [7, 11) is 0. The maximum atomic E-state index is 14.4. The first-order valence-electron chi connectivity index (χ1n) is 14.1. The molecule has 0 unspecified atom stereocenters. The van der Waals surface area contributed by atoms with Gasteiger partial charge in [0.25, 0.3) is 5.91 Å². The lowest BCUT2D eigenvalue weighted by atomic mass is 9.81. The lowest BCUT2D eigenvalue weighted by molar-refractivity contribution is -0.128. The fourth-order valence-electron chi connectivity index (χ4n) is 4.99. The number of nitrogens with zero attached hydrogens (tertiary/aromatic N) is 4. The zero-order valence-corrected chi connectivity index (χ0v) is 25.4.